The summed E-state index contributed by atoms with van der Waals surface area (Å²) >= 11 is 0. The molecule has 2 aliphatic heterocycles. The number of nitrogens with zero attached hydrogens (tertiary/aromatic N) is 4. The van der Waals surface area contributed by atoms with Crippen molar-refractivity contribution < 1.29 is 4.39 Å². The Labute approximate surface area is 182 Å². The summed E-state index contributed by atoms with van der Waals surface area (Å²) in [6, 6.07) is 8.53. The van der Waals surface area contributed by atoms with Crippen molar-refractivity contribution in [2.24, 2.45) is 0 Å². The molecule has 1 aromatic carbocycles. The fourth-order valence-corrected chi connectivity index (χ4v) is 5.05. The van der Waals surface area contributed by atoms with E-state index in [0.29, 0.717) is 6.54 Å². The zero-order chi connectivity index (χ0) is 21.6. The molecule has 0 radical (unpaired) electrons. The molecule has 1 fully saturated rings. The second-order valence-corrected chi connectivity index (χ2v) is 9.46. The van der Waals surface area contributed by atoms with Crippen molar-refractivity contribution in [1.82, 2.24) is 25.2 Å². The lowest BCUT2D eigenvalue weighted by Crippen LogP contribution is -2.48. The summed E-state index contributed by atoms with van der Waals surface area (Å²) in [6.45, 7) is 9.57. The van der Waals surface area contributed by atoms with Gasteiger partial charge in [0.15, 0.2) is 0 Å². The largest absolute Gasteiger partial charge is 0.357 e. The van der Waals surface area contributed by atoms with E-state index < -0.39 is 5.67 Å². The zero-order valence-electron chi connectivity index (χ0n) is 18.5. The minimum absolute atomic E-state index is 0.0988. The lowest BCUT2D eigenvalue weighted by molar-refractivity contribution is 0.0665. The maximum Gasteiger partial charge on any atom is 0.225 e. The van der Waals surface area contributed by atoms with E-state index >= 15 is 0 Å². The number of hydrogen-bond donors (Lipinski definition) is 2. The molecule has 0 spiro atoms. The minimum Gasteiger partial charge on any atom is -0.357 e. The Morgan fingerprint density at radius 3 is 2.55 bits per heavy atom. The highest BCUT2D eigenvalue weighted by Crippen LogP contribution is 2.41. The molecule has 2 aliphatic rings. The first kappa shape index (κ1) is 20.4. The summed E-state index contributed by atoms with van der Waals surface area (Å²) in [5, 5.41) is 4.62. The normalized spacial score (nSPS) is 22.6. The molecule has 0 aliphatic carbocycles. The third-order valence-corrected chi connectivity index (χ3v) is 6.45. The van der Waals surface area contributed by atoms with E-state index in [4.69, 9.17) is 9.97 Å². The highest BCUT2D eigenvalue weighted by molar-refractivity contribution is 5.85. The topological polar surface area (TPSA) is 60.1 Å². The summed E-state index contributed by atoms with van der Waals surface area (Å²) in [6.07, 6.45) is 4.76. The number of halogens is 1. The monoisotopic (exact) mass is 422 g/mol. The van der Waals surface area contributed by atoms with Gasteiger partial charge in [0.1, 0.15) is 5.67 Å². The van der Waals surface area contributed by atoms with Gasteiger partial charge in [0, 0.05) is 73.3 Å². The smallest absolute Gasteiger partial charge is 0.225 e. The fraction of sp³-hybridized carbons (Fsp3) is 0.500. The molecule has 6 nitrogen and oxygen atoms in total. The molecule has 4 heterocycles. The summed E-state index contributed by atoms with van der Waals surface area (Å²) in [5.41, 5.74) is 3.30. The maximum atomic E-state index is 14.8. The molecule has 0 saturated carbocycles. The summed E-state index contributed by atoms with van der Waals surface area (Å²) in [4.78, 5) is 17.5. The molecule has 0 unspecified atom stereocenters. The van der Waals surface area contributed by atoms with Gasteiger partial charge in [0.05, 0.1) is 6.04 Å². The van der Waals surface area contributed by atoms with Crippen LogP contribution in [0.5, 0.6) is 0 Å². The molecular formula is C24H31FN6. The first-order valence-electron chi connectivity index (χ1n) is 11.2. The van der Waals surface area contributed by atoms with Crippen LogP contribution in [0.3, 0.4) is 0 Å². The van der Waals surface area contributed by atoms with Crippen molar-refractivity contribution >= 4 is 16.9 Å². The van der Waals surface area contributed by atoms with Crippen LogP contribution in [0.2, 0.25) is 0 Å². The third-order valence-electron chi connectivity index (χ3n) is 6.45. The van der Waals surface area contributed by atoms with Gasteiger partial charge >= 0.3 is 0 Å². The van der Waals surface area contributed by atoms with E-state index in [-0.39, 0.29) is 12.1 Å². The number of anilines is 1. The van der Waals surface area contributed by atoms with Crippen molar-refractivity contribution in [3.8, 4) is 0 Å². The first-order valence-corrected chi connectivity index (χ1v) is 11.2. The number of para-hydroxylation sites is 1. The Morgan fingerprint density at radius 2 is 1.84 bits per heavy atom. The van der Waals surface area contributed by atoms with E-state index in [1.54, 1.807) is 13.8 Å². The molecule has 0 bridgehead atoms. The van der Waals surface area contributed by atoms with Gasteiger partial charge in [-0.1, -0.05) is 18.2 Å². The molecule has 2 N–H and O–H groups in total. The Hall–Kier alpha value is -2.51. The highest BCUT2D eigenvalue weighted by Gasteiger charge is 2.38. The van der Waals surface area contributed by atoms with Crippen LogP contribution in [0.15, 0.2) is 36.7 Å². The van der Waals surface area contributed by atoms with Crippen LogP contribution in [0, 0.1) is 0 Å². The lowest BCUT2D eigenvalue weighted by atomic mass is 9.88. The number of rotatable bonds is 4. The van der Waals surface area contributed by atoms with E-state index in [1.807, 2.05) is 12.4 Å². The number of benzene rings is 1. The quantitative estimate of drug-likeness (QED) is 0.674. The van der Waals surface area contributed by atoms with Gasteiger partial charge in [-0.25, -0.2) is 14.4 Å². The van der Waals surface area contributed by atoms with Crippen LogP contribution < -0.4 is 10.2 Å². The average molecular weight is 423 g/mol. The minimum atomic E-state index is -1.29. The number of alkyl halides is 1. The van der Waals surface area contributed by atoms with Gasteiger partial charge in [0.25, 0.3) is 0 Å². The Bertz CT molecular complexity index is 1050. The van der Waals surface area contributed by atoms with E-state index in [9.17, 15) is 4.39 Å². The van der Waals surface area contributed by atoms with Gasteiger partial charge in [0.2, 0.25) is 5.95 Å². The van der Waals surface area contributed by atoms with E-state index in [0.717, 1.165) is 55.3 Å². The predicted octanol–water partition coefficient (Wildman–Crippen LogP) is 3.45. The van der Waals surface area contributed by atoms with Crippen LogP contribution in [-0.4, -0.2) is 64.3 Å². The number of hydrogen-bond acceptors (Lipinski definition) is 5. The Kier molecular flexibility index (Phi) is 5.18. The van der Waals surface area contributed by atoms with Gasteiger partial charge < -0.3 is 15.2 Å². The standard InChI is InChI=1S/C24H31FN6/c1-16-12-19-18-6-4-5-7-20(18)29-21(19)22(31(16)15-24(2,3)25)17-13-27-23(28-14-17)30-10-8-26-9-11-30/h4-7,13-14,16,22,26,29H,8-12,15H2,1-3H3/t16-,22-/m1/s1. The van der Waals surface area contributed by atoms with Gasteiger partial charge in [-0.15, -0.1) is 0 Å². The first-order chi connectivity index (χ1) is 14.9. The van der Waals surface area contributed by atoms with Gasteiger partial charge in [-0.05, 0) is 38.8 Å². The molecule has 2 atom stereocenters. The number of fused-ring (bicyclic) bond motifs is 3. The maximum absolute atomic E-state index is 14.8. The van der Waals surface area contributed by atoms with Crippen molar-refractivity contribution in [1.29, 1.82) is 0 Å². The molecular weight excluding hydrogens is 391 g/mol. The van der Waals surface area contributed by atoms with Crippen LogP contribution in [0.1, 0.15) is 43.6 Å². The number of aromatic amines is 1. The van der Waals surface area contributed by atoms with Crippen LogP contribution >= 0.6 is 0 Å². The summed E-state index contributed by atoms with van der Waals surface area (Å²) < 4.78 is 14.8. The summed E-state index contributed by atoms with van der Waals surface area (Å²) in [5.74, 6) is 0.767. The molecule has 0 amide bonds. The second-order valence-electron chi connectivity index (χ2n) is 9.46. The number of piperazine rings is 1. The van der Waals surface area contributed by atoms with Crippen LogP contribution in [-0.2, 0) is 6.42 Å². The number of nitrogens with one attached hydrogen (secondary N) is 2. The molecule has 164 valence electrons. The Morgan fingerprint density at radius 1 is 1.13 bits per heavy atom. The van der Waals surface area contributed by atoms with Crippen molar-refractivity contribution in [2.75, 3.05) is 37.6 Å². The molecule has 3 aromatic rings. The predicted molar refractivity (Wildman–Crippen MR) is 122 cm³/mol. The molecule has 1 saturated heterocycles. The van der Waals surface area contributed by atoms with Crippen molar-refractivity contribution in [3.05, 3.63) is 53.5 Å². The third kappa shape index (κ3) is 3.92. The van der Waals surface area contributed by atoms with Gasteiger partial charge in [-0.3, -0.25) is 4.90 Å². The van der Waals surface area contributed by atoms with Crippen LogP contribution in [0.4, 0.5) is 10.3 Å². The average Bonchev–Trinajstić information content (AvgIpc) is 3.12. The highest BCUT2D eigenvalue weighted by atomic mass is 19.1. The number of aromatic nitrogens is 3. The van der Waals surface area contributed by atoms with E-state index in [1.165, 1.54) is 10.9 Å². The van der Waals surface area contributed by atoms with E-state index in [2.05, 4.69) is 51.3 Å². The summed E-state index contributed by atoms with van der Waals surface area (Å²) in [7, 11) is 0. The second kappa shape index (κ2) is 7.88. The van der Waals surface area contributed by atoms with Crippen molar-refractivity contribution in [2.45, 2.75) is 44.9 Å². The SMILES string of the molecule is C[C@@H]1Cc2c([nH]c3ccccc23)[C@@H](c2cnc(N3CCNCC3)nc2)N1CC(C)(C)F. The Balaban J connectivity index is 1.57. The lowest BCUT2D eigenvalue weighted by Gasteiger charge is -2.42. The fourth-order valence-electron chi connectivity index (χ4n) is 5.05. The van der Waals surface area contributed by atoms with Gasteiger partial charge in [-0.2, -0.15) is 0 Å². The number of H-pyrrole nitrogens is 1. The zero-order valence-corrected chi connectivity index (χ0v) is 18.5. The van der Waals surface area contributed by atoms with Crippen molar-refractivity contribution in [3.63, 3.8) is 0 Å². The molecule has 2 aromatic heterocycles. The molecule has 5 rings (SSSR count). The van der Waals surface area contributed by atoms with Crippen LogP contribution in [0.25, 0.3) is 10.9 Å². The molecule has 7 heteroatoms. The molecule has 31 heavy (non-hydrogen) atoms.